The number of benzene rings is 1. The molecule has 4 heteroatoms. The van der Waals surface area contributed by atoms with E-state index in [0.717, 1.165) is 22.7 Å². The molecular weight excluding hydrogens is 204 g/mol. The normalized spacial score (nSPS) is 11.4. The molecule has 0 aliphatic carbocycles. The lowest BCUT2D eigenvalue weighted by Crippen LogP contribution is -1.94. The van der Waals surface area contributed by atoms with Gasteiger partial charge in [0.05, 0.1) is 11.0 Å². The van der Waals surface area contributed by atoms with Crippen molar-refractivity contribution in [2.45, 2.75) is 6.92 Å². The summed E-state index contributed by atoms with van der Waals surface area (Å²) < 4.78 is 1.89. The number of para-hydroxylation sites is 1. The van der Waals surface area contributed by atoms with E-state index in [1.807, 2.05) is 36.7 Å². The van der Waals surface area contributed by atoms with Gasteiger partial charge in [-0.2, -0.15) is 0 Å². The molecule has 0 bridgehead atoms. The number of aliphatic carboxylic acids is 1. The van der Waals surface area contributed by atoms with Crippen LogP contribution in [0, 0.1) is 6.92 Å². The van der Waals surface area contributed by atoms with E-state index in [2.05, 4.69) is 4.98 Å². The summed E-state index contributed by atoms with van der Waals surface area (Å²) in [6, 6.07) is 5.87. The van der Waals surface area contributed by atoms with Gasteiger partial charge in [0.15, 0.2) is 0 Å². The summed E-state index contributed by atoms with van der Waals surface area (Å²) in [4.78, 5) is 14.8. The van der Waals surface area contributed by atoms with Gasteiger partial charge in [0.2, 0.25) is 0 Å². The Labute approximate surface area is 92.8 Å². The van der Waals surface area contributed by atoms with Crippen LogP contribution in [0.3, 0.4) is 0 Å². The largest absolute Gasteiger partial charge is 0.478 e. The maximum atomic E-state index is 10.4. The number of rotatable bonds is 2. The quantitative estimate of drug-likeness (QED) is 0.781. The fourth-order valence-corrected chi connectivity index (χ4v) is 1.78. The second-order valence-electron chi connectivity index (χ2n) is 3.64. The first-order chi connectivity index (χ1) is 7.59. The molecule has 0 atom stereocenters. The highest BCUT2D eigenvalue weighted by molar-refractivity contribution is 5.86. The molecule has 0 aliphatic heterocycles. The van der Waals surface area contributed by atoms with Crippen LogP contribution in [0.15, 0.2) is 24.3 Å². The van der Waals surface area contributed by atoms with Crippen LogP contribution in [0.1, 0.15) is 11.4 Å². The molecule has 82 valence electrons. The van der Waals surface area contributed by atoms with Crippen LogP contribution in [0.4, 0.5) is 0 Å². The highest BCUT2D eigenvalue weighted by Crippen LogP contribution is 2.19. The molecule has 1 aromatic heterocycles. The minimum absolute atomic E-state index is 0.645. The number of hydrogen-bond acceptors (Lipinski definition) is 2. The monoisotopic (exact) mass is 216 g/mol. The van der Waals surface area contributed by atoms with E-state index < -0.39 is 5.97 Å². The summed E-state index contributed by atoms with van der Waals surface area (Å²) in [7, 11) is 1.88. The number of nitrogens with zero attached hydrogens (tertiary/aromatic N) is 2. The summed E-state index contributed by atoms with van der Waals surface area (Å²) in [5, 5.41) is 8.57. The van der Waals surface area contributed by atoms with Gasteiger partial charge in [-0.05, 0) is 24.6 Å². The van der Waals surface area contributed by atoms with Gasteiger partial charge in [0, 0.05) is 13.1 Å². The van der Waals surface area contributed by atoms with Gasteiger partial charge >= 0.3 is 5.97 Å². The maximum Gasteiger partial charge on any atom is 0.328 e. The molecule has 2 aromatic rings. The third-order valence-corrected chi connectivity index (χ3v) is 2.51. The number of hydrogen-bond donors (Lipinski definition) is 1. The van der Waals surface area contributed by atoms with Crippen molar-refractivity contribution in [3.63, 3.8) is 0 Å². The molecule has 0 spiro atoms. The summed E-state index contributed by atoms with van der Waals surface area (Å²) in [6.45, 7) is 2.01. The van der Waals surface area contributed by atoms with Crippen molar-refractivity contribution >= 4 is 23.1 Å². The van der Waals surface area contributed by atoms with Crippen LogP contribution in [0.25, 0.3) is 17.1 Å². The zero-order valence-corrected chi connectivity index (χ0v) is 9.14. The second-order valence-corrected chi connectivity index (χ2v) is 3.64. The molecule has 16 heavy (non-hydrogen) atoms. The number of imidazole rings is 1. The molecule has 1 N–H and O–H groups in total. The molecule has 0 radical (unpaired) electrons. The van der Waals surface area contributed by atoms with E-state index in [1.54, 1.807) is 0 Å². The summed E-state index contributed by atoms with van der Waals surface area (Å²) in [5.74, 6) is -0.324. The lowest BCUT2D eigenvalue weighted by molar-refractivity contribution is -0.131. The molecule has 0 amide bonds. The summed E-state index contributed by atoms with van der Waals surface area (Å²) in [5.41, 5.74) is 3.04. The Hall–Kier alpha value is -2.10. The number of carbonyl (C=O) groups is 1. The van der Waals surface area contributed by atoms with Gasteiger partial charge in [-0.25, -0.2) is 9.78 Å². The molecule has 0 saturated carbocycles. The van der Waals surface area contributed by atoms with Gasteiger partial charge in [0.25, 0.3) is 0 Å². The molecule has 0 fully saturated rings. The third-order valence-electron chi connectivity index (χ3n) is 2.51. The van der Waals surface area contributed by atoms with Crippen molar-refractivity contribution in [3.05, 3.63) is 35.7 Å². The van der Waals surface area contributed by atoms with Crippen LogP contribution in [-0.2, 0) is 11.8 Å². The average Bonchev–Trinajstić information content (AvgIpc) is 2.54. The molecule has 1 aromatic carbocycles. The average molecular weight is 216 g/mol. The minimum Gasteiger partial charge on any atom is -0.478 e. The number of aryl methyl sites for hydroxylation is 2. The van der Waals surface area contributed by atoms with Crippen molar-refractivity contribution in [1.29, 1.82) is 0 Å². The zero-order chi connectivity index (χ0) is 11.7. The smallest absolute Gasteiger partial charge is 0.328 e. The van der Waals surface area contributed by atoms with Crippen molar-refractivity contribution in [3.8, 4) is 0 Å². The van der Waals surface area contributed by atoms with E-state index in [-0.39, 0.29) is 0 Å². The van der Waals surface area contributed by atoms with Gasteiger partial charge in [-0.3, -0.25) is 0 Å². The second kappa shape index (κ2) is 3.81. The first kappa shape index (κ1) is 10.4. The number of fused-ring (bicyclic) bond motifs is 1. The first-order valence-electron chi connectivity index (χ1n) is 4.92. The SMILES string of the molecule is Cc1cccc2nc(/C=C/C(=O)O)n(C)c12. The van der Waals surface area contributed by atoms with Gasteiger partial charge in [-0.15, -0.1) is 0 Å². The van der Waals surface area contributed by atoms with Crippen molar-refractivity contribution in [2.75, 3.05) is 0 Å². The Morgan fingerprint density at radius 2 is 2.25 bits per heavy atom. The Balaban J connectivity index is 2.61. The predicted molar refractivity (Wildman–Crippen MR) is 62.1 cm³/mol. The molecule has 4 nitrogen and oxygen atoms in total. The van der Waals surface area contributed by atoms with E-state index in [9.17, 15) is 4.79 Å². The number of carboxylic acid groups (broad SMARTS) is 1. The van der Waals surface area contributed by atoms with Gasteiger partial charge < -0.3 is 9.67 Å². The summed E-state index contributed by atoms with van der Waals surface area (Å²) >= 11 is 0. The molecule has 0 aliphatic rings. The summed E-state index contributed by atoms with van der Waals surface area (Å²) in [6.07, 6.45) is 2.60. The van der Waals surface area contributed by atoms with E-state index in [0.29, 0.717) is 5.82 Å². The molecular formula is C12H12N2O2. The van der Waals surface area contributed by atoms with E-state index in [1.165, 1.54) is 6.08 Å². The lowest BCUT2D eigenvalue weighted by Gasteiger charge is -1.99. The highest BCUT2D eigenvalue weighted by atomic mass is 16.4. The molecule has 1 heterocycles. The Morgan fingerprint density at radius 1 is 1.50 bits per heavy atom. The fraction of sp³-hybridized carbons (Fsp3) is 0.167. The highest BCUT2D eigenvalue weighted by Gasteiger charge is 2.06. The van der Waals surface area contributed by atoms with E-state index >= 15 is 0 Å². The number of aromatic nitrogens is 2. The molecule has 2 rings (SSSR count). The van der Waals surface area contributed by atoms with Crippen LogP contribution in [0.2, 0.25) is 0 Å². The van der Waals surface area contributed by atoms with Crippen molar-refractivity contribution in [2.24, 2.45) is 7.05 Å². The topological polar surface area (TPSA) is 55.1 Å². The third kappa shape index (κ3) is 1.69. The Bertz CT molecular complexity index is 582. The minimum atomic E-state index is -0.969. The van der Waals surface area contributed by atoms with Crippen LogP contribution >= 0.6 is 0 Å². The van der Waals surface area contributed by atoms with Crippen LogP contribution in [0.5, 0.6) is 0 Å². The standard InChI is InChI=1S/C12H12N2O2/c1-8-4-3-5-9-12(8)14(2)10(13-9)6-7-11(15)16/h3-7H,1-2H3,(H,15,16)/b7-6+. The lowest BCUT2D eigenvalue weighted by atomic mass is 10.2. The van der Waals surface area contributed by atoms with Crippen LogP contribution in [-0.4, -0.2) is 20.6 Å². The molecule has 0 saturated heterocycles. The first-order valence-corrected chi connectivity index (χ1v) is 4.92. The Morgan fingerprint density at radius 3 is 2.88 bits per heavy atom. The maximum absolute atomic E-state index is 10.4. The predicted octanol–water partition coefficient (Wildman–Crippen LogP) is 1.98. The van der Waals surface area contributed by atoms with Crippen molar-refractivity contribution < 1.29 is 9.90 Å². The van der Waals surface area contributed by atoms with Crippen LogP contribution < -0.4 is 0 Å². The molecule has 0 unspecified atom stereocenters. The zero-order valence-electron chi connectivity index (χ0n) is 9.14. The van der Waals surface area contributed by atoms with Crippen molar-refractivity contribution in [1.82, 2.24) is 9.55 Å². The van der Waals surface area contributed by atoms with Gasteiger partial charge in [0.1, 0.15) is 5.82 Å². The van der Waals surface area contributed by atoms with Gasteiger partial charge in [-0.1, -0.05) is 12.1 Å². The Kier molecular flexibility index (Phi) is 2.48. The van der Waals surface area contributed by atoms with E-state index in [4.69, 9.17) is 5.11 Å². The fourth-order valence-electron chi connectivity index (χ4n) is 1.78. The number of carboxylic acids is 1.